The average molecular weight is 505 g/mol. The summed E-state index contributed by atoms with van der Waals surface area (Å²) in [6.07, 6.45) is -13.4. The summed E-state index contributed by atoms with van der Waals surface area (Å²) >= 11 is 0. The standard InChI is InChI=1S/C25H36F8O/c26-17-3-1-2-15(8-17)13-4-6-14(7-5-13)16-9-19(27)23(20(28)10-16)25(32,33)34-18-11-21(29)24(31)22(30)12-18/h13-24H,1-12H2. The van der Waals surface area contributed by atoms with Gasteiger partial charge < -0.3 is 4.74 Å². The SMILES string of the molecule is FC1CCCC(C2CCC(C3CC(F)C(C(F)(F)OC4CC(F)C(F)C(F)C4)C(F)C3)CC2)C1. The fraction of sp³-hybridized carbons (Fsp3) is 1.00. The first-order valence-electron chi connectivity index (χ1n) is 12.9. The molecule has 0 N–H and O–H groups in total. The molecule has 0 saturated heterocycles. The van der Waals surface area contributed by atoms with Crippen LogP contribution in [0.3, 0.4) is 0 Å². The highest BCUT2D eigenvalue weighted by atomic mass is 19.3. The molecule has 198 valence electrons. The highest BCUT2D eigenvalue weighted by molar-refractivity contribution is 4.96. The van der Waals surface area contributed by atoms with Crippen molar-refractivity contribution in [3.05, 3.63) is 0 Å². The molecule has 4 rings (SSSR count). The third-order valence-electron chi connectivity index (χ3n) is 9.01. The van der Waals surface area contributed by atoms with Gasteiger partial charge in [0, 0.05) is 12.8 Å². The van der Waals surface area contributed by atoms with Crippen LogP contribution in [0, 0.1) is 29.6 Å². The number of halogens is 8. The van der Waals surface area contributed by atoms with E-state index in [1.54, 1.807) is 0 Å². The van der Waals surface area contributed by atoms with E-state index in [1.807, 2.05) is 0 Å². The van der Waals surface area contributed by atoms with Gasteiger partial charge in [0.25, 0.3) is 0 Å². The third kappa shape index (κ3) is 5.86. The van der Waals surface area contributed by atoms with Crippen LogP contribution in [0.4, 0.5) is 35.1 Å². The smallest absolute Gasteiger partial charge is 0.317 e. The van der Waals surface area contributed by atoms with Gasteiger partial charge in [-0.15, -0.1) is 0 Å². The molecule has 0 aromatic rings. The molecule has 34 heavy (non-hydrogen) atoms. The van der Waals surface area contributed by atoms with Gasteiger partial charge in [-0.2, -0.15) is 8.78 Å². The van der Waals surface area contributed by atoms with Gasteiger partial charge in [0.2, 0.25) is 0 Å². The Kier molecular flexibility index (Phi) is 8.40. The Balaban J connectivity index is 1.30. The van der Waals surface area contributed by atoms with Gasteiger partial charge in [-0.1, -0.05) is 6.42 Å². The van der Waals surface area contributed by atoms with Crippen LogP contribution in [0.15, 0.2) is 0 Å². The molecule has 1 nitrogen and oxygen atoms in total. The number of hydrogen-bond acceptors (Lipinski definition) is 1. The highest BCUT2D eigenvalue weighted by Crippen LogP contribution is 2.50. The summed E-state index contributed by atoms with van der Waals surface area (Å²) in [6, 6.07) is 0. The van der Waals surface area contributed by atoms with Crippen molar-refractivity contribution in [3.63, 3.8) is 0 Å². The first-order chi connectivity index (χ1) is 16.0. The maximum atomic E-state index is 14.9. The monoisotopic (exact) mass is 504 g/mol. The maximum Gasteiger partial charge on any atom is 0.364 e. The Labute approximate surface area is 196 Å². The van der Waals surface area contributed by atoms with Crippen molar-refractivity contribution in [2.45, 2.75) is 126 Å². The molecule has 6 unspecified atom stereocenters. The Morgan fingerprint density at radius 1 is 0.529 bits per heavy atom. The van der Waals surface area contributed by atoms with Gasteiger partial charge in [-0.3, -0.25) is 0 Å². The van der Waals surface area contributed by atoms with E-state index in [0.717, 1.165) is 38.5 Å². The molecule has 0 radical (unpaired) electrons. The zero-order valence-corrected chi connectivity index (χ0v) is 19.3. The van der Waals surface area contributed by atoms with E-state index in [-0.39, 0.29) is 24.7 Å². The van der Waals surface area contributed by atoms with E-state index in [1.165, 1.54) is 0 Å². The van der Waals surface area contributed by atoms with Crippen LogP contribution >= 0.6 is 0 Å². The number of hydrogen-bond donors (Lipinski definition) is 0. The van der Waals surface area contributed by atoms with Crippen molar-refractivity contribution < 1.29 is 39.9 Å². The van der Waals surface area contributed by atoms with Crippen LogP contribution in [0.25, 0.3) is 0 Å². The molecule has 0 spiro atoms. The minimum atomic E-state index is -4.24. The minimum Gasteiger partial charge on any atom is -0.317 e. The molecule has 0 bridgehead atoms. The third-order valence-corrected chi connectivity index (χ3v) is 9.01. The fourth-order valence-electron chi connectivity index (χ4n) is 7.16. The molecule has 4 saturated carbocycles. The van der Waals surface area contributed by atoms with E-state index in [2.05, 4.69) is 4.74 Å². The molecule has 4 aliphatic rings. The quantitative estimate of drug-likeness (QED) is 0.347. The number of alkyl halides is 8. The molecule has 0 aromatic carbocycles. The van der Waals surface area contributed by atoms with Gasteiger partial charge in [-0.05, 0) is 81.5 Å². The van der Waals surface area contributed by atoms with E-state index in [0.29, 0.717) is 24.7 Å². The topological polar surface area (TPSA) is 9.23 Å². The summed E-state index contributed by atoms with van der Waals surface area (Å²) in [4.78, 5) is 0. The molecular weight excluding hydrogens is 468 g/mol. The van der Waals surface area contributed by atoms with Crippen LogP contribution in [0.2, 0.25) is 0 Å². The van der Waals surface area contributed by atoms with Gasteiger partial charge in [0.05, 0.1) is 6.10 Å². The van der Waals surface area contributed by atoms with Crippen molar-refractivity contribution in [1.29, 1.82) is 0 Å². The first kappa shape index (κ1) is 26.5. The maximum absolute atomic E-state index is 14.9. The van der Waals surface area contributed by atoms with E-state index in [9.17, 15) is 35.1 Å². The van der Waals surface area contributed by atoms with Crippen molar-refractivity contribution in [3.8, 4) is 0 Å². The van der Waals surface area contributed by atoms with Crippen molar-refractivity contribution >= 4 is 0 Å². The van der Waals surface area contributed by atoms with Gasteiger partial charge in [0.1, 0.15) is 36.8 Å². The molecule has 0 amide bonds. The Bertz CT molecular complexity index is 633. The van der Waals surface area contributed by atoms with Gasteiger partial charge >= 0.3 is 6.11 Å². The van der Waals surface area contributed by atoms with E-state index >= 15 is 0 Å². The molecule has 4 aliphatic carbocycles. The molecule has 4 fully saturated rings. The molecule has 6 atom stereocenters. The normalized spacial score (nSPS) is 49.1. The number of ether oxygens (including phenoxy) is 1. The lowest BCUT2D eigenvalue weighted by molar-refractivity contribution is -0.323. The van der Waals surface area contributed by atoms with Crippen LogP contribution in [-0.2, 0) is 4.74 Å². The van der Waals surface area contributed by atoms with Crippen molar-refractivity contribution in [2.75, 3.05) is 0 Å². The zero-order chi connectivity index (χ0) is 24.6. The predicted octanol–water partition coefficient (Wildman–Crippen LogP) is 7.81. The summed E-state index contributed by atoms with van der Waals surface area (Å²) in [5.74, 6) is -1.87. The van der Waals surface area contributed by atoms with Crippen LogP contribution in [0.5, 0.6) is 0 Å². The molecule has 0 heterocycles. The second-order valence-corrected chi connectivity index (χ2v) is 11.2. The second kappa shape index (κ2) is 10.8. The molecular formula is C25H36F8O. The highest BCUT2D eigenvalue weighted by Gasteiger charge is 2.57. The zero-order valence-electron chi connectivity index (χ0n) is 19.3. The summed E-state index contributed by atoms with van der Waals surface area (Å²) in [5, 5.41) is 0. The summed E-state index contributed by atoms with van der Waals surface area (Å²) in [7, 11) is 0. The fourth-order valence-corrected chi connectivity index (χ4v) is 7.16. The molecule has 0 aromatic heterocycles. The Morgan fingerprint density at radius 3 is 1.59 bits per heavy atom. The predicted molar refractivity (Wildman–Crippen MR) is 112 cm³/mol. The largest absolute Gasteiger partial charge is 0.364 e. The summed E-state index contributed by atoms with van der Waals surface area (Å²) < 4.78 is 118. The van der Waals surface area contributed by atoms with Crippen LogP contribution in [-0.4, -0.2) is 49.2 Å². The lowest BCUT2D eigenvalue weighted by Crippen LogP contribution is -2.52. The summed E-state index contributed by atoms with van der Waals surface area (Å²) in [5.41, 5.74) is 0. The van der Waals surface area contributed by atoms with Crippen molar-refractivity contribution in [1.82, 2.24) is 0 Å². The molecule has 0 aliphatic heterocycles. The minimum absolute atomic E-state index is 0.0485. The van der Waals surface area contributed by atoms with Crippen LogP contribution in [0.1, 0.15) is 77.0 Å². The van der Waals surface area contributed by atoms with E-state index < -0.39 is 68.0 Å². The lowest BCUT2D eigenvalue weighted by Gasteiger charge is -2.44. The van der Waals surface area contributed by atoms with Crippen LogP contribution < -0.4 is 0 Å². The Morgan fingerprint density at radius 2 is 1.06 bits per heavy atom. The second-order valence-electron chi connectivity index (χ2n) is 11.2. The molecule has 9 heteroatoms. The summed E-state index contributed by atoms with van der Waals surface area (Å²) in [6.45, 7) is 0. The lowest BCUT2D eigenvalue weighted by atomic mass is 9.65. The van der Waals surface area contributed by atoms with E-state index in [4.69, 9.17) is 0 Å². The van der Waals surface area contributed by atoms with Gasteiger partial charge in [0.15, 0.2) is 6.17 Å². The first-order valence-corrected chi connectivity index (χ1v) is 12.9. The Hall–Kier alpha value is -0.600. The van der Waals surface area contributed by atoms with Crippen molar-refractivity contribution in [2.24, 2.45) is 29.6 Å². The average Bonchev–Trinajstić information content (AvgIpc) is 2.76. The number of rotatable bonds is 5. The van der Waals surface area contributed by atoms with Gasteiger partial charge in [-0.25, -0.2) is 26.3 Å².